The first-order valence-corrected chi connectivity index (χ1v) is 8.10. The topological polar surface area (TPSA) is 57.1 Å². The number of carbonyl (C=O) groups excluding carboxylic acids is 1. The first kappa shape index (κ1) is 18.6. The summed E-state index contributed by atoms with van der Waals surface area (Å²) in [6.45, 7) is 0.988. The van der Waals surface area contributed by atoms with Gasteiger partial charge in [0, 0.05) is 5.56 Å². The quantitative estimate of drug-likeness (QED) is 0.581. The first-order valence-electron chi connectivity index (χ1n) is 8.10. The third kappa shape index (κ3) is 4.13. The summed E-state index contributed by atoms with van der Waals surface area (Å²) >= 11 is 0. The van der Waals surface area contributed by atoms with Crippen LogP contribution >= 0.6 is 0 Å². The van der Waals surface area contributed by atoms with Crippen LogP contribution in [0.4, 0.5) is 8.78 Å². The molecule has 0 aliphatic carbocycles. The van der Waals surface area contributed by atoms with Crippen molar-refractivity contribution in [3.63, 3.8) is 0 Å². The van der Waals surface area contributed by atoms with E-state index in [9.17, 15) is 13.6 Å². The molecule has 1 aliphatic rings. The average molecular weight is 373 g/mol. The lowest BCUT2D eigenvalue weighted by atomic mass is 10.1. The molecule has 0 radical (unpaired) electrons. The van der Waals surface area contributed by atoms with Crippen LogP contribution < -0.4 is 9.47 Å². The van der Waals surface area contributed by atoms with E-state index in [-0.39, 0.29) is 23.1 Å². The molecule has 0 bridgehead atoms. The van der Waals surface area contributed by atoms with E-state index in [1.165, 1.54) is 31.4 Å². The summed E-state index contributed by atoms with van der Waals surface area (Å²) in [6, 6.07) is 9.98. The van der Waals surface area contributed by atoms with E-state index >= 15 is 0 Å². The molecule has 0 amide bonds. The van der Waals surface area contributed by atoms with Crippen LogP contribution in [0.15, 0.2) is 47.1 Å². The molecular formula is C20H17F2NO4. The summed E-state index contributed by atoms with van der Waals surface area (Å²) in [7, 11) is 1.34. The fraction of sp³-hybridized carbons (Fsp3) is 0.200. The normalized spacial score (nSPS) is 15.1. The monoisotopic (exact) mass is 373 g/mol. The molecule has 7 heteroatoms. The summed E-state index contributed by atoms with van der Waals surface area (Å²) in [5, 5.41) is 0. The number of esters is 1. The van der Waals surface area contributed by atoms with Crippen LogP contribution in [-0.4, -0.2) is 25.6 Å². The molecule has 0 atom stereocenters. The van der Waals surface area contributed by atoms with Crippen molar-refractivity contribution in [2.45, 2.75) is 20.5 Å². The Hall–Kier alpha value is -3.22. The number of nitrogens with zero attached hydrogens (tertiary/aromatic N) is 1. The summed E-state index contributed by atoms with van der Waals surface area (Å²) in [5.41, 5.74) is 3.52. The molecular weight excluding hydrogens is 356 g/mol. The lowest BCUT2D eigenvalue weighted by Gasteiger charge is -2.10. The Labute approximate surface area is 154 Å². The minimum absolute atomic E-state index is 0.0945. The lowest BCUT2D eigenvalue weighted by Crippen LogP contribution is -2.05. The van der Waals surface area contributed by atoms with E-state index in [0.717, 1.165) is 11.1 Å². The number of benzene rings is 2. The van der Waals surface area contributed by atoms with E-state index in [1.54, 1.807) is 0 Å². The van der Waals surface area contributed by atoms with Crippen LogP contribution in [0.3, 0.4) is 0 Å². The minimum atomic E-state index is -2.96. The van der Waals surface area contributed by atoms with Crippen molar-refractivity contribution in [3.05, 3.63) is 64.3 Å². The summed E-state index contributed by atoms with van der Waals surface area (Å²) in [6.07, 6.45) is 1.49. The Morgan fingerprint density at radius 2 is 1.85 bits per heavy atom. The van der Waals surface area contributed by atoms with Gasteiger partial charge in [0.2, 0.25) is 5.90 Å². The maximum absolute atomic E-state index is 12.4. The fourth-order valence-electron chi connectivity index (χ4n) is 2.53. The van der Waals surface area contributed by atoms with Crippen LogP contribution in [0.25, 0.3) is 6.08 Å². The summed E-state index contributed by atoms with van der Waals surface area (Å²) < 4.78 is 39.5. The van der Waals surface area contributed by atoms with E-state index in [4.69, 9.17) is 9.47 Å². The molecule has 5 nitrogen and oxygen atoms in total. The largest absolute Gasteiger partial charge is 0.493 e. The molecule has 2 aromatic carbocycles. The third-order valence-corrected chi connectivity index (χ3v) is 4.08. The van der Waals surface area contributed by atoms with E-state index in [1.807, 2.05) is 32.0 Å². The molecule has 27 heavy (non-hydrogen) atoms. The Morgan fingerprint density at radius 3 is 2.52 bits per heavy atom. The van der Waals surface area contributed by atoms with Gasteiger partial charge in [-0.15, -0.1) is 0 Å². The number of aliphatic imine (C=N–C) groups is 1. The van der Waals surface area contributed by atoms with Crippen molar-refractivity contribution in [1.82, 2.24) is 0 Å². The zero-order valence-electron chi connectivity index (χ0n) is 15.0. The zero-order chi connectivity index (χ0) is 19.6. The van der Waals surface area contributed by atoms with E-state index < -0.39 is 12.6 Å². The van der Waals surface area contributed by atoms with E-state index in [2.05, 4.69) is 9.73 Å². The van der Waals surface area contributed by atoms with Gasteiger partial charge in [-0.25, -0.2) is 9.79 Å². The highest BCUT2D eigenvalue weighted by Gasteiger charge is 2.24. The van der Waals surface area contributed by atoms with Gasteiger partial charge >= 0.3 is 12.6 Å². The van der Waals surface area contributed by atoms with Gasteiger partial charge in [0.1, 0.15) is 0 Å². The minimum Gasteiger partial charge on any atom is -0.493 e. The van der Waals surface area contributed by atoms with Gasteiger partial charge < -0.3 is 14.2 Å². The Balaban J connectivity index is 1.91. The molecule has 0 N–H and O–H groups in total. The number of alkyl halides is 2. The van der Waals surface area contributed by atoms with Gasteiger partial charge in [0.15, 0.2) is 17.2 Å². The Morgan fingerprint density at radius 1 is 1.07 bits per heavy atom. The number of halogens is 2. The number of cyclic esters (lactones) is 1. The standard InChI is InChI=1S/C20H17F2NO4/c1-11-4-6-14(8-12(11)2)18-23-15(19(24)27-18)9-13-5-7-16(26-20(21)22)17(10-13)25-3/h4-10,20H,1-3H3. The maximum atomic E-state index is 12.4. The van der Waals surface area contributed by atoms with Gasteiger partial charge in [-0.3, -0.25) is 0 Å². The van der Waals surface area contributed by atoms with Crippen LogP contribution in [-0.2, 0) is 9.53 Å². The highest BCUT2D eigenvalue weighted by molar-refractivity contribution is 6.12. The smallest absolute Gasteiger partial charge is 0.387 e. The number of methoxy groups -OCH3 is 1. The molecule has 0 saturated heterocycles. The molecule has 1 aliphatic heterocycles. The molecule has 140 valence electrons. The average Bonchev–Trinajstić information content (AvgIpc) is 2.99. The predicted molar refractivity (Wildman–Crippen MR) is 96.1 cm³/mol. The van der Waals surface area contributed by atoms with Gasteiger partial charge in [-0.05, 0) is 60.9 Å². The number of ether oxygens (including phenoxy) is 3. The van der Waals surface area contributed by atoms with Gasteiger partial charge in [-0.2, -0.15) is 8.78 Å². The highest BCUT2D eigenvalue weighted by atomic mass is 19.3. The van der Waals surface area contributed by atoms with Crippen molar-refractivity contribution in [3.8, 4) is 11.5 Å². The molecule has 0 aromatic heterocycles. The molecule has 0 spiro atoms. The molecule has 1 heterocycles. The number of aryl methyl sites for hydroxylation is 2. The van der Waals surface area contributed by atoms with Crippen molar-refractivity contribution in [2.24, 2.45) is 4.99 Å². The molecule has 3 rings (SSSR count). The second-order valence-corrected chi connectivity index (χ2v) is 5.92. The van der Waals surface area contributed by atoms with Gasteiger partial charge in [-0.1, -0.05) is 12.1 Å². The van der Waals surface area contributed by atoms with Crippen molar-refractivity contribution < 1.29 is 27.8 Å². The molecule has 0 fully saturated rings. The van der Waals surface area contributed by atoms with Crippen LogP contribution in [0, 0.1) is 13.8 Å². The maximum Gasteiger partial charge on any atom is 0.387 e. The van der Waals surface area contributed by atoms with E-state index in [0.29, 0.717) is 11.1 Å². The fourth-order valence-corrected chi connectivity index (χ4v) is 2.53. The van der Waals surface area contributed by atoms with Gasteiger partial charge in [0.25, 0.3) is 0 Å². The summed E-state index contributed by atoms with van der Waals surface area (Å²) in [5.74, 6) is -0.341. The predicted octanol–water partition coefficient (Wildman–Crippen LogP) is 4.26. The molecule has 2 aromatic rings. The van der Waals surface area contributed by atoms with Crippen molar-refractivity contribution in [2.75, 3.05) is 7.11 Å². The van der Waals surface area contributed by atoms with Crippen molar-refractivity contribution >= 4 is 17.9 Å². The van der Waals surface area contributed by atoms with Crippen molar-refractivity contribution in [1.29, 1.82) is 0 Å². The molecule has 0 unspecified atom stereocenters. The second kappa shape index (κ2) is 7.57. The van der Waals surface area contributed by atoms with Crippen LogP contribution in [0.2, 0.25) is 0 Å². The number of rotatable bonds is 5. The third-order valence-electron chi connectivity index (χ3n) is 4.08. The summed E-state index contributed by atoms with van der Waals surface area (Å²) in [4.78, 5) is 16.4. The highest BCUT2D eigenvalue weighted by Crippen LogP contribution is 2.31. The number of carbonyl (C=O) groups is 1. The number of hydrogen-bond acceptors (Lipinski definition) is 5. The SMILES string of the molecule is COc1cc(C=C2N=C(c3ccc(C)c(C)c3)OC2=O)ccc1OC(F)F. The molecule has 0 saturated carbocycles. The first-order chi connectivity index (χ1) is 12.9. The zero-order valence-corrected chi connectivity index (χ0v) is 15.0. The Bertz CT molecular complexity index is 951. The second-order valence-electron chi connectivity index (χ2n) is 5.92. The van der Waals surface area contributed by atoms with Crippen LogP contribution in [0.1, 0.15) is 22.3 Å². The van der Waals surface area contributed by atoms with Gasteiger partial charge in [0.05, 0.1) is 7.11 Å². The Kier molecular flexibility index (Phi) is 5.21. The number of hydrogen-bond donors (Lipinski definition) is 0. The van der Waals surface area contributed by atoms with Crippen LogP contribution in [0.5, 0.6) is 11.5 Å². The lowest BCUT2D eigenvalue weighted by molar-refractivity contribution is -0.129.